The van der Waals surface area contributed by atoms with Crippen LogP contribution in [0.25, 0.3) is 10.9 Å². The summed E-state index contributed by atoms with van der Waals surface area (Å²) in [5.41, 5.74) is 3.06. The molecule has 1 fully saturated rings. The van der Waals surface area contributed by atoms with Gasteiger partial charge in [-0.1, -0.05) is 55.8 Å². The molecule has 0 amide bonds. The number of hydrogen-bond acceptors (Lipinski definition) is 5. The standard InChI is InChI=1S/C29H33ClN4O2/c1-19-9-11-22(16-32-19)29(35,26-17-31-18-34(26)2)21-12-14-25-24(15-21)27(30)23(28(33-25)36-3)13-10-20-7-5-4-6-8-20/h9,11-12,14-18,20,35H,4-8,10,13H2,1-3H3. The molecule has 0 aliphatic heterocycles. The fourth-order valence-corrected chi connectivity index (χ4v) is 5.85. The quantitative estimate of drug-likeness (QED) is 0.327. The van der Waals surface area contributed by atoms with Gasteiger partial charge in [0, 0.05) is 35.5 Å². The van der Waals surface area contributed by atoms with E-state index in [1.54, 1.807) is 25.8 Å². The fraction of sp³-hybridized carbons (Fsp3) is 0.414. The maximum atomic E-state index is 12.3. The zero-order valence-corrected chi connectivity index (χ0v) is 21.9. The van der Waals surface area contributed by atoms with Crippen LogP contribution in [-0.4, -0.2) is 31.7 Å². The predicted molar refractivity (Wildman–Crippen MR) is 142 cm³/mol. The smallest absolute Gasteiger partial charge is 0.218 e. The van der Waals surface area contributed by atoms with Gasteiger partial charge in [-0.3, -0.25) is 4.98 Å². The molecule has 3 aromatic heterocycles. The summed E-state index contributed by atoms with van der Waals surface area (Å²) in [7, 11) is 3.52. The van der Waals surface area contributed by atoms with Gasteiger partial charge in [0.15, 0.2) is 5.60 Å². The largest absolute Gasteiger partial charge is 0.481 e. The van der Waals surface area contributed by atoms with E-state index in [9.17, 15) is 5.11 Å². The van der Waals surface area contributed by atoms with Crippen molar-refractivity contribution in [2.45, 2.75) is 57.5 Å². The zero-order chi connectivity index (χ0) is 25.3. The molecule has 0 radical (unpaired) electrons. The number of rotatable bonds is 7. The van der Waals surface area contributed by atoms with E-state index in [-0.39, 0.29) is 0 Å². The average molecular weight is 505 g/mol. The van der Waals surface area contributed by atoms with Crippen LogP contribution in [0, 0.1) is 12.8 Å². The van der Waals surface area contributed by atoms with Crippen LogP contribution in [0.3, 0.4) is 0 Å². The van der Waals surface area contributed by atoms with Crippen molar-refractivity contribution >= 4 is 22.5 Å². The number of pyridine rings is 2. The van der Waals surface area contributed by atoms with E-state index in [0.717, 1.165) is 40.9 Å². The molecule has 4 aromatic rings. The number of nitrogens with zero attached hydrogens (tertiary/aromatic N) is 4. The third-order valence-electron chi connectivity index (χ3n) is 7.63. The molecule has 36 heavy (non-hydrogen) atoms. The maximum Gasteiger partial charge on any atom is 0.218 e. The van der Waals surface area contributed by atoms with Crippen LogP contribution in [0.4, 0.5) is 0 Å². The summed E-state index contributed by atoms with van der Waals surface area (Å²) in [5.74, 6) is 1.31. The van der Waals surface area contributed by atoms with Crippen molar-refractivity contribution in [1.82, 2.24) is 19.5 Å². The Bertz CT molecular complexity index is 1360. The molecule has 3 heterocycles. The van der Waals surface area contributed by atoms with Crippen molar-refractivity contribution in [3.8, 4) is 5.88 Å². The third kappa shape index (κ3) is 4.48. The lowest BCUT2D eigenvalue weighted by Gasteiger charge is -2.30. The first-order valence-corrected chi connectivity index (χ1v) is 13.1. The van der Waals surface area contributed by atoms with Crippen LogP contribution in [-0.2, 0) is 19.1 Å². The number of aliphatic hydroxyl groups is 1. The van der Waals surface area contributed by atoms with E-state index in [0.29, 0.717) is 27.7 Å². The minimum absolute atomic E-state index is 0.584. The second kappa shape index (κ2) is 10.2. The molecule has 188 valence electrons. The number of benzene rings is 1. The summed E-state index contributed by atoms with van der Waals surface area (Å²) in [6, 6.07) is 9.54. The van der Waals surface area contributed by atoms with Gasteiger partial charge in [-0.25, -0.2) is 9.97 Å². The van der Waals surface area contributed by atoms with Crippen LogP contribution in [0.1, 0.15) is 66.6 Å². The molecule has 1 atom stereocenters. The molecular formula is C29H33ClN4O2. The van der Waals surface area contributed by atoms with Gasteiger partial charge >= 0.3 is 0 Å². The molecule has 1 aromatic carbocycles. The van der Waals surface area contributed by atoms with Crippen molar-refractivity contribution in [1.29, 1.82) is 0 Å². The highest BCUT2D eigenvalue weighted by atomic mass is 35.5. The van der Waals surface area contributed by atoms with E-state index in [1.165, 1.54) is 32.1 Å². The van der Waals surface area contributed by atoms with Crippen LogP contribution in [0.15, 0.2) is 49.1 Å². The van der Waals surface area contributed by atoms with Gasteiger partial charge in [0.05, 0.1) is 35.9 Å². The Kier molecular flexibility index (Phi) is 7.00. The van der Waals surface area contributed by atoms with E-state index >= 15 is 0 Å². The maximum absolute atomic E-state index is 12.3. The van der Waals surface area contributed by atoms with Gasteiger partial charge in [-0.2, -0.15) is 0 Å². The number of halogens is 1. The van der Waals surface area contributed by atoms with Gasteiger partial charge in [0.1, 0.15) is 0 Å². The molecule has 1 saturated carbocycles. The molecule has 0 spiro atoms. The monoisotopic (exact) mass is 504 g/mol. The first-order chi connectivity index (χ1) is 17.4. The van der Waals surface area contributed by atoms with Gasteiger partial charge in [0.25, 0.3) is 0 Å². The molecule has 6 nitrogen and oxygen atoms in total. The molecular weight excluding hydrogens is 472 g/mol. The second-order valence-electron chi connectivity index (χ2n) is 9.98. The summed E-state index contributed by atoms with van der Waals surface area (Å²) >= 11 is 7.06. The van der Waals surface area contributed by atoms with Crippen molar-refractivity contribution in [3.63, 3.8) is 0 Å². The van der Waals surface area contributed by atoms with Gasteiger partial charge in [0.2, 0.25) is 5.88 Å². The topological polar surface area (TPSA) is 73.1 Å². The zero-order valence-electron chi connectivity index (χ0n) is 21.2. The number of aryl methyl sites for hydroxylation is 2. The van der Waals surface area contributed by atoms with Crippen LogP contribution in [0.2, 0.25) is 5.02 Å². The molecule has 7 heteroatoms. The Morgan fingerprint density at radius 1 is 1.11 bits per heavy atom. The van der Waals surface area contributed by atoms with Crippen molar-refractivity contribution in [3.05, 3.63) is 82.2 Å². The minimum atomic E-state index is -1.47. The Hall–Kier alpha value is -2.96. The van der Waals surface area contributed by atoms with Crippen LogP contribution < -0.4 is 4.74 Å². The fourth-order valence-electron chi connectivity index (χ4n) is 5.53. The highest BCUT2D eigenvalue weighted by Crippen LogP contribution is 2.40. The van der Waals surface area contributed by atoms with Gasteiger partial charge in [-0.05, 0) is 49.4 Å². The van der Waals surface area contributed by atoms with Crippen molar-refractivity contribution < 1.29 is 9.84 Å². The summed E-state index contributed by atoms with van der Waals surface area (Å²) in [6.07, 6.45) is 13.5. The summed E-state index contributed by atoms with van der Waals surface area (Å²) in [6.45, 7) is 1.93. The van der Waals surface area contributed by atoms with Crippen molar-refractivity contribution in [2.75, 3.05) is 7.11 Å². The highest BCUT2D eigenvalue weighted by molar-refractivity contribution is 6.36. The van der Waals surface area contributed by atoms with Crippen LogP contribution in [0.5, 0.6) is 5.88 Å². The number of ether oxygens (including phenoxy) is 1. The molecule has 5 rings (SSSR count). The Labute approximate surface area is 217 Å². The lowest BCUT2D eigenvalue weighted by Crippen LogP contribution is -2.31. The molecule has 0 bridgehead atoms. The number of imidazole rings is 1. The second-order valence-corrected chi connectivity index (χ2v) is 10.4. The summed E-state index contributed by atoms with van der Waals surface area (Å²) in [5, 5.41) is 13.7. The Balaban J connectivity index is 1.62. The number of aromatic nitrogens is 4. The van der Waals surface area contributed by atoms with Gasteiger partial charge in [-0.15, -0.1) is 0 Å². The van der Waals surface area contributed by atoms with Crippen LogP contribution >= 0.6 is 11.6 Å². The molecule has 1 N–H and O–H groups in total. The third-order valence-corrected chi connectivity index (χ3v) is 8.06. The van der Waals surface area contributed by atoms with E-state index in [4.69, 9.17) is 21.3 Å². The molecule has 1 unspecified atom stereocenters. The van der Waals surface area contributed by atoms with E-state index in [2.05, 4.69) is 9.97 Å². The van der Waals surface area contributed by atoms with Gasteiger partial charge < -0.3 is 14.4 Å². The SMILES string of the molecule is COc1nc2ccc(C(O)(c3ccc(C)nc3)c3cncn3C)cc2c(Cl)c1CCC1CCCCC1. The number of fused-ring (bicyclic) bond motifs is 1. The Morgan fingerprint density at radius 3 is 2.56 bits per heavy atom. The molecule has 0 saturated heterocycles. The normalized spacial score (nSPS) is 16.2. The summed E-state index contributed by atoms with van der Waals surface area (Å²) in [4.78, 5) is 13.5. The number of hydrogen-bond donors (Lipinski definition) is 1. The highest BCUT2D eigenvalue weighted by Gasteiger charge is 2.37. The first kappa shape index (κ1) is 24.7. The lowest BCUT2D eigenvalue weighted by atomic mass is 9.83. The molecule has 1 aliphatic carbocycles. The average Bonchev–Trinajstić information content (AvgIpc) is 3.34. The number of methoxy groups -OCH3 is 1. The summed E-state index contributed by atoms with van der Waals surface area (Å²) < 4.78 is 7.49. The van der Waals surface area contributed by atoms with E-state index in [1.807, 2.05) is 48.9 Å². The lowest BCUT2D eigenvalue weighted by molar-refractivity contribution is 0.117. The van der Waals surface area contributed by atoms with E-state index < -0.39 is 5.60 Å². The molecule has 1 aliphatic rings. The minimum Gasteiger partial charge on any atom is -0.481 e. The predicted octanol–water partition coefficient (Wildman–Crippen LogP) is 6.13. The van der Waals surface area contributed by atoms with Crippen molar-refractivity contribution in [2.24, 2.45) is 13.0 Å². The Morgan fingerprint density at radius 2 is 1.89 bits per heavy atom. The first-order valence-electron chi connectivity index (χ1n) is 12.7.